The third kappa shape index (κ3) is 5.56. The van der Waals surface area contributed by atoms with E-state index in [0.29, 0.717) is 5.92 Å². The summed E-state index contributed by atoms with van der Waals surface area (Å²) in [5, 5.41) is 9.68. The summed E-state index contributed by atoms with van der Waals surface area (Å²) in [7, 11) is 0. The third-order valence-corrected chi connectivity index (χ3v) is 7.77. The van der Waals surface area contributed by atoms with Gasteiger partial charge >= 0.3 is 40.2 Å². The van der Waals surface area contributed by atoms with Crippen molar-refractivity contribution in [1.29, 1.82) is 5.53 Å². The first-order chi connectivity index (χ1) is 15.2. The van der Waals surface area contributed by atoms with E-state index in [2.05, 4.69) is 64.0 Å². The molecule has 0 amide bonds. The summed E-state index contributed by atoms with van der Waals surface area (Å²) >= 11 is 7.87. The van der Waals surface area contributed by atoms with Gasteiger partial charge in [0.2, 0.25) is 2.86 Å². The van der Waals surface area contributed by atoms with E-state index in [1.807, 2.05) is 0 Å². The second-order valence-corrected chi connectivity index (χ2v) is 9.42. The molecule has 2 saturated carbocycles. The number of aliphatic hydroxyl groups is 2. The van der Waals surface area contributed by atoms with Crippen molar-refractivity contribution in [2.45, 2.75) is 91.3 Å². The second kappa shape index (κ2) is 11.4. The molecule has 2 N–H and O–H groups in total. The molecule has 0 aliphatic heterocycles. The number of rotatable bonds is 2. The van der Waals surface area contributed by atoms with Crippen LogP contribution in [0.4, 0.5) is 0 Å². The predicted molar refractivity (Wildman–Crippen MR) is 129 cm³/mol. The third-order valence-electron chi connectivity index (χ3n) is 7.77. The molecule has 0 saturated heterocycles. The molecule has 6 atom stereocenters. The minimum atomic E-state index is 0.168. The van der Waals surface area contributed by atoms with Gasteiger partial charge in [0.25, 0.3) is 0 Å². The van der Waals surface area contributed by atoms with Crippen molar-refractivity contribution >= 4 is 37.5 Å². The predicted octanol–water partition coefficient (Wildman–Crippen LogP) is 5.01. The molecule has 4 aliphatic carbocycles. The molecule has 0 aromatic carbocycles. The SMILES string of the molecule is [2H]B=S.[2H]B=S.[3H]O[C@H]1CCC2C=C(C)CC[C@@]21C.[3H]O[C@H]1CCC2CC(C)=CC[C@@]21C. The Hall–Kier alpha value is -0.0301. The molecule has 0 aromatic heterocycles. The fourth-order valence-electron chi connectivity index (χ4n) is 5.52. The van der Waals surface area contributed by atoms with Crippen molar-refractivity contribution in [1.82, 2.24) is 0 Å². The first-order valence-corrected chi connectivity index (χ1v) is 11.3. The van der Waals surface area contributed by atoms with Gasteiger partial charge in [-0.2, -0.15) is 0 Å². The van der Waals surface area contributed by atoms with Crippen molar-refractivity contribution in [2.24, 2.45) is 22.7 Å². The molecule has 0 heterocycles. The topological polar surface area (TPSA) is 40.5 Å². The molecule has 0 bridgehead atoms. The van der Waals surface area contributed by atoms with E-state index < -0.39 is 0 Å². The van der Waals surface area contributed by atoms with E-state index in [1.54, 1.807) is 0 Å². The van der Waals surface area contributed by atoms with Gasteiger partial charge in [0.1, 0.15) is 0 Å². The van der Waals surface area contributed by atoms with E-state index in [-0.39, 0.29) is 23.0 Å². The maximum absolute atomic E-state index is 7.08. The number of hydrogen-bond donors (Lipinski definition) is 2. The Morgan fingerprint density at radius 2 is 1.68 bits per heavy atom. The minimum absolute atomic E-state index is 0.168. The van der Waals surface area contributed by atoms with E-state index in [4.69, 9.17) is 15.8 Å². The first kappa shape index (κ1) is 19.9. The zero-order chi connectivity index (χ0) is 24.4. The molecule has 156 valence electrons. The molecule has 2 fully saturated rings. The molecular formula is C22H38B2O2S2. The van der Waals surface area contributed by atoms with Crippen LogP contribution in [0.5, 0.6) is 0 Å². The molecule has 0 aromatic rings. The molecule has 0 radical (unpaired) electrons. The molecule has 2 unspecified atom stereocenters. The van der Waals surface area contributed by atoms with Crippen LogP contribution in [0.2, 0.25) is 0 Å². The number of allylic oxidation sites excluding steroid dienone is 4. The Bertz CT molecular complexity index is 670. The summed E-state index contributed by atoms with van der Waals surface area (Å²) in [6.07, 6.45) is 14.4. The van der Waals surface area contributed by atoms with E-state index in [1.165, 1.54) is 43.3 Å². The normalized spacial score (nSPS) is 42.0. The van der Waals surface area contributed by atoms with Crippen LogP contribution in [-0.4, -0.2) is 41.3 Å². The Morgan fingerprint density at radius 1 is 1.07 bits per heavy atom. The van der Waals surface area contributed by atoms with E-state index >= 15 is 0 Å². The fourth-order valence-corrected chi connectivity index (χ4v) is 5.52. The van der Waals surface area contributed by atoms with Gasteiger partial charge in [-0.05, 0) is 77.0 Å². The van der Waals surface area contributed by atoms with Crippen molar-refractivity contribution < 1.29 is 10.2 Å². The molecule has 2 nitrogen and oxygen atoms in total. The summed E-state index contributed by atoms with van der Waals surface area (Å²) < 4.78 is 26.0. The van der Waals surface area contributed by atoms with Gasteiger partial charge in [0, 0.05) is 10.8 Å². The first-order valence-electron chi connectivity index (χ1n) is 12.3. The van der Waals surface area contributed by atoms with Gasteiger partial charge < -0.3 is 10.2 Å². The molecule has 28 heavy (non-hydrogen) atoms. The summed E-state index contributed by atoms with van der Waals surface area (Å²) in [6.45, 7) is 10.7. The fraction of sp³-hybridized carbons (Fsp3) is 0.818. The van der Waals surface area contributed by atoms with Gasteiger partial charge in [0.05, 0.1) is 12.2 Å². The second-order valence-electron chi connectivity index (χ2n) is 9.42. The summed E-state index contributed by atoms with van der Waals surface area (Å²) in [6, 6.07) is 0. The van der Waals surface area contributed by atoms with E-state index in [0.717, 1.165) is 38.6 Å². The van der Waals surface area contributed by atoms with Crippen molar-refractivity contribution in [3.63, 3.8) is 0 Å². The van der Waals surface area contributed by atoms with Crippen molar-refractivity contribution in [2.75, 3.05) is 0 Å². The maximum atomic E-state index is 7.08. The summed E-state index contributed by atoms with van der Waals surface area (Å²) in [4.78, 5) is 0. The van der Waals surface area contributed by atoms with E-state index in [9.17, 15) is 0 Å². The monoisotopic (exact) mass is 426 g/mol. The van der Waals surface area contributed by atoms with Gasteiger partial charge in [-0.3, -0.25) is 0 Å². The smallest absolute Gasteiger partial charge is 0.210 e. The number of hydrogen-bond acceptors (Lipinski definition) is 4. The Balaban J connectivity index is 0.000000258. The van der Waals surface area contributed by atoms with Crippen LogP contribution in [0, 0.1) is 22.7 Å². The van der Waals surface area contributed by atoms with Crippen molar-refractivity contribution in [3.8, 4) is 0 Å². The Kier molecular flexibility index (Phi) is 8.09. The molecule has 4 aliphatic rings. The van der Waals surface area contributed by atoms with Crippen LogP contribution in [0.1, 0.15) is 79.1 Å². The molecule has 4 rings (SSSR count). The van der Waals surface area contributed by atoms with Crippen molar-refractivity contribution in [3.05, 3.63) is 23.3 Å². The maximum Gasteiger partial charge on any atom is 0.210 e. The average Bonchev–Trinajstić information content (AvgIpc) is 3.25. The van der Waals surface area contributed by atoms with Crippen LogP contribution in [0.25, 0.3) is 0 Å². The molecule has 6 heteroatoms. The number of aliphatic hydroxyl groups excluding tert-OH is 2. The Morgan fingerprint density at radius 3 is 2.32 bits per heavy atom. The summed E-state index contributed by atoms with van der Waals surface area (Å²) in [5.74, 6) is 1.42. The van der Waals surface area contributed by atoms with Crippen LogP contribution in [0.3, 0.4) is 0 Å². The largest absolute Gasteiger partial charge is 0.393 e. The van der Waals surface area contributed by atoms with Gasteiger partial charge in [-0.15, -0.1) is 0 Å². The van der Waals surface area contributed by atoms with Crippen LogP contribution < -0.4 is 0 Å². The molecular weight excluding hydrogens is 382 g/mol. The van der Waals surface area contributed by atoms with Gasteiger partial charge in [0.15, 0.2) is 0 Å². The average molecular weight is 426 g/mol. The van der Waals surface area contributed by atoms with Crippen LogP contribution in [-0.2, 0) is 0 Å². The minimum Gasteiger partial charge on any atom is -0.393 e. The van der Waals surface area contributed by atoms with Crippen LogP contribution in [0.15, 0.2) is 23.3 Å². The van der Waals surface area contributed by atoms with Crippen LogP contribution >= 0.6 is 24.1 Å². The van der Waals surface area contributed by atoms with Gasteiger partial charge in [-0.25, -0.2) is 0 Å². The molecule has 0 spiro atoms. The zero-order valence-electron chi connectivity index (χ0n) is 21.9. The number of fused-ring (bicyclic) bond motifs is 2. The Labute approximate surface area is 190 Å². The quantitative estimate of drug-likeness (QED) is 0.481. The van der Waals surface area contributed by atoms with Gasteiger partial charge in [-0.1, -0.05) is 37.1 Å². The summed E-state index contributed by atoms with van der Waals surface area (Å²) in [5.41, 5.74) is 3.55. The standard InChI is InChI=1S/2C11H18O.2BHS/c2*1-8-5-6-11(2)9(7-8)3-4-10(11)12;2*1-2/h7,9-10,12H,3-6H2,1-2H3;5,9-10,12H,3-4,6-7H2,1-2H3;2*1H/t2*9?,10-,11-;;/m00../s1/i2*12T;2*1D. The zero-order valence-corrected chi connectivity index (χ0v) is 19.5.